The number of hydrogen-bond donors (Lipinski definition) is 1. The molecule has 3 unspecified atom stereocenters. The van der Waals surface area contributed by atoms with Crippen molar-refractivity contribution >= 4 is 11.6 Å². The van der Waals surface area contributed by atoms with Gasteiger partial charge in [0.1, 0.15) is 5.82 Å². The molecule has 0 saturated carbocycles. The molecule has 0 amide bonds. The summed E-state index contributed by atoms with van der Waals surface area (Å²) in [6, 6.07) is 5.23. The fourth-order valence-electron chi connectivity index (χ4n) is 3.12. The van der Waals surface area contributed by atoms with Crippen LogP contribution in [-0.4, -0.2) is 24.0 Å². The minimum atomic E-state index is -0.293. The fraction of sp³-hybridized carbons (Fsp3) is 0.600. The van der Waals surface area contributed by atoms with Crippen LogP contribution in [-0.2, 0) is 0 Å². The second-order valence-electron chi connectivity index (χ2n) is 5.67. The van der Waals surface area contributed by atoms with Crippen LogP contribution in [0, 0.1) is 11.7 Å². The third-order valence-corrected chi connectivity index (χ3v) is 4.30. The molecule has 0 spiro atoms. The number of nitrogens with two attached hydrogens (primary N) is 1. The molecule has 19 heavy (non-hydrogen) atoms. The molecule has 1 fully saturated rings. The predicted octanol–water partition coefficient (Wildman–Crippen LogP) is 3.60. The lowest BCUT2D eigenvalue weighted by Crippen LogP contribution is -2.44. The minimum absolute atomic E-state index is 0.0516. The number of nitrogens with zero attached hydrogens (tertiary/aromatic N) is 1. The Balaban J connectivity index is 2.23. The zero-order valence-corrected chi connectivity index (χ0v) is 12.3. The van der Waals surface area contributed by atoms with E-state index in [9.17, 15) is 4.39 Å². The summed E-state index contributed by atoms with van der Waals surface area (Å²) < 4.78 is 13.5. The molecule has 106 valence electrons. The van der Waals surface area contributed by atoms with Crippen LogP contribution in [0.3, 0.4) is 0 Å². The highest BCUT2D eigenvalue weighted by Gasteiger charge is 2.29. The highest BCUT2D eigenvalue weighted by atomic mass is 35.5. The van der Waals surface area contributed by atoms with Crippen molar-refractivity contribution in [1.82, 2.24) is 4.90 Å². The van der Waals surface area contributed by atoms with Crippen LogP contribution in [0.4, 0.5) is 4.39 Å². The maximum atomic E-state index is 13.5. The number of piperidine rings is 1. The zero-order valence-electron chi connectivity index (χ0n) is 11.6. The Kier molecular flexibility index (Phi) is 4.82. The molecule has 0 aliphatic carbocycles. The van der Waals surface area contributed by atoms with Crippen LogP contribution < -0.4 is 5.73 Å². The van der Waals surface area contributed by atoms with Crippen molar-refractivity contribution in [3.05, 3.63) is 34.6 Å². The first-order valence-corrected chi connectivity index (χ1v) is 7.31. The summed E-state index contributed by atoms with van der Waals surface area (Å²) in [5, 5.41) is 0.437. The van der Waals surface area contributed by atoms with Crippen LogP contribution in [0.1, 0.15) is 38.3 Å². The highest BCUT2D eigenvalue weighted by Crippen LogP contribution is 2.31. The lowest BCUT2D eigenvalue weighted by Gasteiger charge is -2.41. The van der Waals surface area contributed by atoms with Crippen LogP contribution in [0.2, 0.25) is 5.02 Å². The zero-order chi connectivity index (χ0) is 14.0. The van der Waals surface area contributed by atoms with E-state index in [0.717, 1.165) is 18.0 Å². The van der Waals surface area contributed by atoms with Crippen molar-refractivity contribution in [2.75, 3.05) is 13.1 Å². The Hall–Kier alpha value is -0.640. The van der Waals surface area contributed by atoms with E-state index in [2.05, 4.69) is 18.7 Å². The van der Waals surface area contributed by atoms with Gasteiger partial charge in [-0.2, -0.15) is 0 Å². The molecule has 1 aromatic carbocycles. The maximum Gasteiger partial charge on any atom is 0.125 e. The largest absolute Gasteiger partial charge is 0.329 e. The summed E-state index contributed by atoms with van der Waals surface area (Å²) in [6.07, 6.45) is 2.34. The fourth-order valence-corrected chi connectivity index (χ4v) is 3.35. The topological polar surface area (TPSA) is 29.3 Å². The van der Waals surface area contributed by atoms with Crippen molar-refractivity contribution in [3.63, 3.8) is 0 Å². The molecule has 1 heterocycles. The summed E-state index contributed by atoms with van der Waals surface area (Å²) >= 11 is 5.95. The van der Waals surface area contributed by atoms with Gasteiger partial charge < -0.3 is 5.73 Å². The van der Waals surface area contributed by atoms with Gasteiger partial charge in [0.15, 0.2) is 0 Å². The first kappa shape index (κ1) is 14.8. The van der Waals surface area contributed by atoms with Gasteiger partial charge in [0, 0.05) is 23.7 Å². The molecule has 3 atom stereocenters. The number of hydrogen-bond acceptors (Lipinski definition) is 2. The minimum Gasteiger partial charge on any atom is -0.329 e. The van der Waals surface area contributed by atoms with E-state index in [-0.39, 0.29) is 11.9 Å². The molecule has 1 aromatic rings. The quantitative estimate of drug-likeness (QED) is 0.919. The van der Waals surface area contributed by atoms with Gasteiger partial charge in [-0.25, -0.2) is 4.39 Å². The first-order valence-electron chi connectivity index (χ1n) is 6.93. The molecule has 0 bridgehead atoms. The third-order valence-electron chi connectivity index (χ3n) is 4.08. The van der Waals surface area contributed by atoms with Crippen LogP contribution >= 0.6 is 11.6 Å². The maximum absolute atomic E-state index is 13.5. The summed E-state index contributed by atoms with van der Waals surface area (Å²) in [7, 11) is 0. The Morgan fingerprint density at radius 1 is 1.42 bits per heavy atom. The SMILES string of the molecule is CC1CCN(C(CN)c2cc(F)cc(Cl)c2)C(C)C1. The van der Waals surface area contributed by atoms with Gasteiger partial charge in [0.25, 0.3) is 0 Å². The standard InChI is InChI=1S/C15H22ClFN2/c1-10-3-4-19(11(2)5-10)15(9-18)12-6-13(16)8-14(17)7-12/h6-8,10-11,15H,3-5,9,18H2,1-2H3. The molecule has 2 N–H and O–H groups in total. The molecule has 1 saturated heterocycles. The average molecular weight is 285 g/mol. The molecule has 2 rings (SSSR count). The molecule has 0 radical (unpaired) electrons. The highest BCUT2D eigenvalue weighted by molar-refractivity contribution is 6.30. The molecule has 1 aliphatic rings. The van der Waals surface area contributed by atoms with Crippen molar-refractivity contribution in [2.45, 2.75) is 38.8 Å². The van der Waals surface area contributed by atoms with E-state index >= 15 is 0 Å². The van der Waals surface area contributed by atoms with Gasteiger partial charge in [0.2, 0.25) is 0 Å². The average Bonchev–Trinajstić information content (AvgIpc) is 2.31. The normalized spacial score (nSPS) is 26.4. The Morgan fingerprint density at radius 3 is 2.74 bits per heavy atom. The number of halogens is 2. The van der Waals surface area contributed by atoms with E-state index < -0.39 is 0 Å². The van der Waals surface area contributed by atoms with Gasteiger partial charge in [-0.05, 0) is 56.0 Å². The van der Waals surface area contributed by atoms with Crippen molar-refractivity contribution in [1.29, 1.82) is 0 Å². The number of rotatable bonds is 3. The van der Waals surface area contributed by atoms with Gasteiger partial charge in [-0.1, -0.05) is 18.5 Å². The first-order chi connectivity index (χ1) is 9.01. The Labute approximate surface area is 119 Å². The molecular formula is C15H22ClFN2. The molecule has 2 nitrogen and oxygen atoms in total. The molecule has 0 aromatic heterocycles. The lowest BCUT2D eigenvalue weighted by molar-refractivity contribution is 0.0846. The summed E-state index contributed by atoms with van der Waals surface area (Å²) in [5.41, 5.74) is 6.81. The summed E-state index contributed by atoms with van der Waals surface area (Å²) in [6.45, 7) is 6.00. The number of likely N-dealkylation sites (tertiary alicyclic amines) is 1. The van der Waals surface area contributed by atoms with E-state index in [1.807, 2.05) is 6.07 Å². The summed E-state index contributed by atoms with van der Waals surface area (Å²) in [5.74, 6) is 0.458. The predicted molar refractivity (Wildman–Crippen MR) is 77.8 cm³/mol. The second kappa shape index (κ2) is 6.21. The van der Waals surface area contributed by atoms with Gasteiger partial charge >= 0.3 is 0 Å². The Morgan fingerprint density at radius 2 is 2.16 bits per heavy atom. The lowest BCUT2D eigenvalue weighted by atomic mass is 9.90. The van der Waals surface area contributed by atoms with E-state index in [4.69, 9.17) is 17.3 Å². The Bertz CT molecular complexity index is 418. The smallest absolute Gasteiger partial charge is 0.125 e. The monoisotopic (exact) mass is 284 g/mol. The number of benzene rings is 1. The van der Waals surface area contributed by atoms with Crippen molar-refractivity contribution in [3.8, 4) is 0 Å². The second-order valence-corrected chi connectivity index (χ2v) is 6.11. The van der Waals surface area contributed by atoms with Gasteiger partial charge in [-0.15, -0.1) is 0 Å². The van der Waals surface area contributed by atoms with E-state index in [0.29, 0.717) is 17.6 Å². The van der Waals surface area contributed by atoms with Crippen LogP contribution in [0.15, 0.2) is 18.2 Å². The third kappa shape index (κ3) is 3.47. The molecular weight excluding hydrogens is 263 g/mol. The van der Waals surface area contributed by atoms with Crippen LogP contribution in [0.5, 0.6) is 0 Å². The molecule has 1 aliphatic heterocycles. The van der Waals surface area contributed by atoms with Crippen LogP contribution in [0.25, 0.3) is 0 Å². The molecule has 4 heteroatoms. The van der Waals surface area contributed by atoms with Crippen molar-refractivity contribution in [2.24, 2.45) is 11.7 Å². The van der Waals surface area contributed by atoms with E-state index in [1.54, 1.807) is 6.07 Å². The van der Waals surface area contributed by atoms with Crippen molar-refractivity contribution < 1.29 is 4.39 Å². The van der Waals surface area contributed by atoms with E-state index in [1.165, 1.54) is 18.9 Å². The van der Waals surface area contributed by atoms with Gasteiger partial charge in [-0.3, -0.25) is 4.90 Å². The van der Waals surface area contributed by atoms with Gasteiger partial charge in [0.05, 0.1) is 0 Å². The summed E-state index contributed by atoms with van der Waals surface area (Å²) in [4.78, 5) is 2.38.